The van der Waals surface area contributed by atoms with Crippen LogP contribution in [-0.4, -0.2) is 9.55 Å². The molecule has 1 saturated carbocycles. The molecule has 0 N–H and O–H groups in total. The number of nitrogens with zero attached hydrogens (tertiary/aromatic N) is 2. The Kier molecular flexibility index (Phi) is 2.31. The third-order valence-corrected chi connectivity index (χ3v) is 2.28. The number of aromatic nitrogens is 2. The van der Waals surface area contributed by atoms with Crippen molar-refractivity contribution in [3.05, 3.63) is 28.4 Å². The molecule has 0 unspecified atom stereocenters. The fourth-order valence-electron chi connectivity index (χ4n) is 1.27. The molecule has 0 bridgehead atoms. The van der Waals surface area contributed by atoms with E-state index in [-0.39, 0.29) is 5.56 Å². The minimum Gasteiger partial charge on any atom is -0.299 e. The lowest BCUT2D eigenvalue weighted by Crippen LogP contribution is -2.21. The van der Waals surface area contributed by atoms with Crippen LogP contribution in [0.1, 0.15) is 25.0 Å². The van der Waals surface area contributed by atoms with Crippen LogP contribution in [0, 0.1) is 5.92 Å². The van der Waals surface area contributed by atoms with Crippen molar-refractivity contribution >= 4 is 0 Å². The normalized spacial score (nSPS) is 16.2. The zero-order valence-corrected chi connectivity index (χ0v) is 7.49. The van der Waals surface area contributed by atoms with Crippen molar-refractivity contribution in [2.24, 2.45) is 5.92 Å². The van der Waals surface area contributed by atoms with E-state index in [1.54, 1.807) is 0 Å². The van der Waals surface area contributed by atoms with Crippen LogP contribution in [0.2, 0.25) is 0 Å². The van der Waals surface area contributed by atoms with Gasteiger partial charge in [0.2, 0.25) is 0 Å². The first-order valence-corrected chi connectivity index (χ1v) is 4.51. The third kappa shape index (κ3) is 1.97. The van der Waals surface area contributed by atoms with Crippen LogP contribution in [0.5, 0.6) is 0 Å². The maximum Gasteiger partial charge on any atom is 0.280 e. The van der Waals surface area contributed by atoms with Gasteiger partial charge in [-0.25, -0.2) is 13.8 Å². The lowest BCUT2D eigenvalue weighted by molar-refractivity contribution is 0.145. The topological polar surface area (TPSA) is 34.9 Å². The van der Waals surface area contributed by atoms with Crippen molar-refractivity contribution in [2.75, 3.05) is 0 Å². The lowest BCUT2D eigenvalue weighted by atomic mass is 10.4. The van der Waals surface area contributed by atoms with Crippen LogP contribution in [0.4, 0.5) is 8.78 Å². The lowest BCUT2D eigenvalue weighted by Gasteiger charge is -2.04. The Labute approximate surface area is 79.4 Å². The molecule has 1 aromatic rings. The summed E-state index contributed by atoms with van der Waals surface area (Å²) in [6.45, 7) is 0.606. The van der Waals surface area contributed by atoms with Crippen LogP contribution in [0.25, 0.3) is 0 Å². The molecule has 1 aromatic heterocycles. The van der Waals surface area contributed by atoms with Gasteiger partial charge in [-0.05, 0) is 18.8 Å². The van der Waals surface area contributed by atoms with Crippen molar-refractivity contribution in [2.45, 2.75) is 25.8 Å². The van der Waals surface area contributed by atoms with Gasteiger partial charge in [0, 0.05) is 12.6 Å². The summed E-state index contributed by atoms with van der Waals surface area (Å²) in [6, 6.07) is 0.910. The highest BCUT2D eigenvalue weighted by Gasteiger charge is 2.22. The van der Waals surface area contributed by atoms with Crippen LogP contribution >= 0.6 is 0 Å². The highest BCUT2D eigenvalue weighted by atomic mass is 19.3. The van der Waals surface area contributed by atoms with Gasteiger partial charge in [0.15, 0.2) is 0 Å². The minimum absolute atomic E-state index is 0.387. The highest BCUT2D eigenvalue weighted by Crippen LogP contribution is 2.29. The molecule has 3 nitrogen and oxygen atoms in total. The van der Waals surface area contributed by atoms with E-state index in [4.69, 9.17) is 0 Å². The zero-order valence-electron chi connectivity index (χ0n) is 7.49. The molecule has 1 aliphatic rings. The standard InChI is InChI=1S/C9H10F2N2O/c10-9(11)7-3-8(14)13(5-12-7)4-6-1-2-6/h3,5-6,9H,1-2,4H2. The molecule has 0 saturated heterocycles. The Balaban J connectivity index is 2.21. The first-order valence-electron chi connectivity index (χ1n) is 4.51. The predicted octanol–water partition coefficient (Wildman–Crippen LogP) is 1.59. The molecule has 2 rings (SSSR count). The average Bonchev–Trinajstić information content (AvgIpc) is 2.92. The molecule has 14 heavy (non-hydrogen) atoms. The fraction of sp³-hybridized carbons (Fsp3) is 0.556. The van der Waals surface area contributed by atoms with Crippen molar-refractivity contribution in [3.8, 4) is 0 Å². The van der Waals surface area contributed by atoms with E-state index in [2.05, 4.69) is 4.98 Å². The quantitative estimate of drug-likeness (QED) is 0.742. The minimum atomic E-state index is -2.67. The number of rotatable bonds is 3. The van der Waals surface area contributed by atoms with Gasteiger partial charge >= 0.3 is 0 Å². The molecule has 0 aliphatic heterocycles. The highest BCUT2D eigenvalue weighted by molar-refractivity contribution is 5.01. The maximum absolute atomic E-state index is 12.1. The molecule has 0 atom stereocenters. The van der Waals surface area contributed by atoms with Crippen molar-refractivity contribution in [1.29, 1.82) is 0 Å². The van der Waals surface area contributed by atoms with Gasteiger partial charge in [-0.15, -0.1) is 0 Å². The van der Waals surface area contributed by atoms with E-state index in [0.29, 0.717) is 12.5 Å². The Morgan fingerprint density at radius 1 is 1.57 bits per heavy atom. The van der Waals surface area contributed by atoms with E-state index in [0.717, 1.165) is 18.9 Å². The Bertz CT molecular complexity index is 385. The molecule has 0 radical (unpaired) electrons. The van der Waals surface area contributed by atoms with E-state index in [9.17, 15) is 13.6 Å². The summed E-state index contributed by atoms with van der Waals surface area (Å²) in [5.74, 6) is 0.534. The number of alkyl halides is 2. The first-order chi connectivity index (χ1) is 6.66. The van der Waals surface area contributed by atoms with Crippen molar-refractivity contribution in [3.63, 3.8) is 0 Å². The third-order valence-electron chi connectivity index (χ3n) is 2.28. The van der Waals surface area contributed by atoms with Gasteiger partial charge in [0.25, 0.3) is 12.0 Å². The summed E-state index contributed by atoms with van der Waals surface area (Å²) >= 11 is 0. The number of hydrogen-bond donors (Lipinski definition) is 0. The zero-order chi connectivity index (χ0) is 10.1. The molecule has 76 valence electrons. The molecular weight excluding hydrogens is 190 g/mol. The molecule has 0 amide bonds. The Morgan fingerprint density at radius 3 is 2.79 bits per heavy atom. The largest absolute Gasteiger partial charge is 0.299 e. The summed E-state index contributed by atoms with van der Waals surface area (Å²) in [5, 5.41) is 0. The molecule has 1 heterocycles. The van der Waals surface area contributed by atoms with Crippen LogP contribution in [0.3, 0.4) is 0 Å². The molecule has 1 fully saturated rings. The summed E-state index contributed by atoms with van der Waals surface area (Å²) in [4.78, 5) is 14.8. The fourth-order valence-corrected chi connectivity index (χ4v) is 1.27. The van der Waals surface area contributed by atoms with Gasteiger partial charge in [-0.3, -0.25) is 9.36 Å². The summed E-state index contributed by atoms with van der Waals surface area (Å²) in [5.41, 5.74) is -0.829. The van der Waals surface area contributed by atoms with Gasteiger partial charge in [-0.2, -0.15) is 0 Å². The first kappa shape index (κ1) is 9.30. The summed E-state index contributed by atoms with van der Waals surface area (Å²) < 4.78 is 25.7. The van der Waals surface area contributed by atoms with Crippen molar-refractivity contribution in [1.82, 2.24) is 9.55 Å². The summed E-state index contributed by atoms with van der Waals surface area (Å²) in [7, 11) is 0. The molecule has 1 aliphatic carbocycles. The average molecular weight is 200 g/mol. The molecule has 0 aromatic carbocycles. The maximum atomic E-state index is 12.1. The predicted molar refractivity (Wildman–Crippen MR) is 46.2 cm³/mol. The van der Waals surface area contributed by atoms with Gasteiger partial charge in [-0.1, -0.05) is 0 Å². The van der Waals surface area contributed by atoms with Crippen molar-refractivity contribution < 1.29 is 8.78 Å². The smallest absolute Gasteiger partial charge is 0.280 e. The number of halogens is 2. The molecular formula is C9H10F2N2O. The van der Waals surface area contributed by atoms with Gasteiger partial charge < -0.3 is 0 Å². The second kappa shape index (κ2) is 3.48. The monoisotopic (exact) mass is 200 g/mol. The SMILES string of the molecule is O=c1cc(C(F)F)ncn1CC1CC1. The van der Waals surface area contributed by atoms with Crippen LogP contribution in [0.15, 0.2) is 17.2 Å². The van der Waals surface area contributed by atoms with E-state index < -0.39 is 12.1 Å². The van der Waals surface area contributed by atoms with E-state index >= 15 is 0 Å². The molecule has 0 spiro atoms. The van der Waals surface area contributed by atoms with Crippen LogP contribution in [-0.2, 0) is 6.54 Å². The van der Waals surface area contributed by atoms with E-state index in [1.165, 1.54) is 10.9 Å². The Morgan fingerprint density at radius 2 is 2.29 bits per heavy atom. The summed E-state index contributed by atoms with van der Waals surface area (Å²) in [6.07, 6.45) is 0.770. The Hall–Kier alpha value is -1.26. The molecule has 5 heteroatoms. The van der Waals surface area contributed by atoms with E-state index in [1.807, 2.05) is 0 Å². The van der Waals surface area contributed by atoms with Gasteiger partial charge in [0.1, 0.15) is 5.69 Å². The second-order valence-electron chi connectivity index (χ2n) is 3.55. The van der Waals surface area contributed by atoms with Gasteiger partial charge in [0.05, 0.1) is 6.33 Å². The second-order valence-corrected chi connectivity index (χ2v) is 3.55. The van der Waals surface area contributed by atoms with Crippen LogP contribution < -0.4 is 5.56 Å². The number of hydrogen-bond acceptors (Lipinski definition) is 2.